The normalized spacial score (nSPS) is 15.2. The third kappa shape index (κ3) is 4.83. The van der Waals surface area contributed by atoms with Crippen molar-refractivity contribution in [2.45, 2.75) is 52.6 Å². The number of nitrogens with zero attached hydrogens (tertiary/aromatic N) is 2. The molecule has 0 saturated carbocycles. The molecule has 0 spiro atoms. The van der Waals surface area contributed by atoms with E-state index < -0.39 is 0 Å². The second-order valence-corrected chi connectivity index (χ2v) is 8.16. The number of thiazole rings is 1. The van der Waals surface area contributed by atoms with Crippen LogP contribution in [0.2, 0.25) is 0 Å². The van der Waals surface area contributed by atoms with Crippen LogP contribution in [0, 0.1) is 13.8 Å². The Morgan fingerprint density at radius 2 is 1.96 bits per heavy atom. The minimum Gasteiger partial charge on any atom is -0.326 e. The lowest BCUT2D eigenvalue weighted by molar-refractivity contribution is -0.116. The summed E-state index contributed by atoms with van der Waals surface area (Å²) in [7, 11) is 0. The van der Waals surface area contributed by atoms with Gasteiger partial charge in [0.25, 0.3) is 0 Å². The first-order valence-electron chi connectivity index (χ1n) is 9.31. The third-order valence-electron chi connectivity index (χ3n) is 5.00. The van der Waals surface area contributed by atoms with Gasteiger partial charge in [0.1, 0.15) is 0 Å². The molecule has 5 nitrogen and oxygen atoms in total. The highest BCUT2D eigenvalue weighted by Crippen LogP contribution is 2.16. The summed E-state index contributed by atoms with van der Waals surface area (Å²) < 4.78 is 1.69. The molecular formula is C20H27N3O2S. The highest BCUT2D eigenvalue weighted by atomic mass is 32.1. The molecule has 0 unspecified atom stereocenters. The van der Waals surface area contributed by atoms with E-state index >= 15 is 0 Å². The van der Waals surface area contributed by atoms with Gasteiger partial charge in [-0.1, -0.05) is 29.9 Å². The lowest BCUT2D eigenvalue weighted by atomic mass is 10.1. The zero-order chi connectivity index (χ0) is 18.5. The SMILES string of the molecule is Cc1sc(=O)n(CCC(=O)Nc2cccc(CN3CCCCC3)c2)c1C. The monoisotopic (exact) mass is 373 g/mol. The molecule has 0 aliphatic carbocycles. The largest absolute Gasteiger partial charge is 0.326 e. The Hall–Kier alpha value is -1.92. The molecule has 0 radical (unpaired) electrons. The van der Waals surface area contributed by atoms with Crippen molar-refractivity contribution in [3.63, 3.8) is 0 Å². The van der Waals surface area contributed by atoms with Gasteiger partial charge < -0.3 is 9.88 Å². The van der Waals surface area contributed by atoms with Crippen LogP contribution in [0.4, 0.5) is 5.69 Å². The fourth-order valence-corrected chi connectivity index (χ4v) is 4.26. The number of carbonyl (C=O) groups excluding carboxylic acids is 1. The summed E-state index contributed by atoms with van der Waals surface area (Å²) >= 11 is 1.24. The Kier molecular flexibility index (Phi) is 6.27. The van der Waals surface area contributed by atoms with E-state index in [0.29, 0.717) is 13.0 Å². The topological polar surface area (TPSA) is 54.3 Å². The molecule has 140 valence electrons. The lowest BCUT2D eigenvalue weighted by Crippen LogP contribution is -2.29. The molecule has 6 heteroatoms. The summed E-state index contributed by atoms with van der Waals surface area (Å²) in [5.41, 5.74) is 3.01. The van der Waals surface area contributed by atoms with Gasteiger partial charge in [-0.15, -0.1) is 0 Å². The van der Waals surface area contributed by atoms with Crippen molar-refractivity contribution >= 4 is 22.9 Å². The maximum Gasteiger partial charge on any atom is 0.307 e. The van der Waals surface area contributed by atoms with Gasteiger partial charge in [0.2, 0.25) is 5.91 Å². The van der Waals surface area contributed by atoms with Crippen molar-refractivity contribution in [3.8, 4) is 0 Å². The number of amides is 1. The summed E-state index contributed by atoms with van der Waals surface area (Å²) in [6, 6.07) is 8.08. The van der Waals surface area contributed by atoms with E-state index in [9.17, 15) is 9.59 Å². The van der Waals surface area contributed by atoms with E-state index in [4.69, 9.17) is 0 Å². The Bertz CT molecular complexity index is 819. The zero-order valence-corrected chi connectivity index (χ0v) is 16.4. The average Bonchev–Trinajstić information content (AvgIpc) is 2.86. The number of hydrogen-bond acceptors (Lipinski definition) is 4. The molecule has 1 fully saturated rings. The van der Waals surface area contributed by atoms with Crippen molar-refractivity contribution < 1.29 is 4.79 Å². The van der Waals surface area contributed by atoms with Crippen LogP contribution >= 0.6 is 11.3 Å². The Morgan fingerprint density at radius 1 is 1.19 bits per heavy atom. The molecule has 1 saturated heterocycles. The van der Waals surface area contributed by atoms with Crippen LogP contribution in [-0.2, 0) is 17.9 Å². The maximum atomic E-state index is 12.3. The van der Waals surface area contributed by atoms with E-state index in [1.54, 1.807) is 4.57 Å². The van der Waals surface area contributed by atoms with Gasteiger partial charge in [-0.3, -0.25) is 14.5 Å². The molecule has 1 aromatic carbocycles. The number of carbonyl (C=O) groups is 1. The van der Waals surface area contributed by atoms with Crippen LogP contribution < -0.4 is 10.2 Å². The molecule has 1 N–H and O–H groups in total. The zero-order valence-electron chi connectivity index (χ0n) is 15.6. The third-order valence-corrected chi connectivity index (χ3v) is 6.00. The molecule has 1 amide bonds. The minimum atomic E-state index is -0.0599. The number of benzene rings is 1. The quantitative estimate of drug-likeness (QED) is 0.843. The maximum absolute atomic E-state index is 12.3. The molecule has 2 heterocycles. The molecule has 1 aliphatic heterocycles. The second kappa shape index (κ2) is 8.64. The van der Waals surface area contributed by atoms with Crippen LogP contribution in [-0.4, -0.2) is 28.5 Å². The minimum absolute atomic E-state index is 0.0105. The molecular weight excluding hydrogens is 346 g/mol. The van der Waals surface area contributed by atoms with E-state index in [1.807, 2.05) is 26.0 Å². The smallest absolute Gasteiger partial charge is 0.307 e. The van der Waals surface area contributed by atoms with E-state index in [-0.39, 0.29) is 10.8 Å². The number of aryl methyl sites for hydroxylation is 1. The summed E-state index contributed by atoms with van der Waals surface area (Å²) in [6.07, 6.45) is 4.18. The number of aromatic nitrogens is 1. The first kappa shape index (κ1) is 18.9. The Balaban J connectivity index is 1.55. The molecule has 0 atom stereocenters. The van der Waals surface area contributed by atoms with Gasteiger partial charge in [-0.05, 0) is 57.5 Å². The first-order chi connectivity index (χ1) is 12.5. The number of nitrogens with one attached hydrogen (secondary N) is 1. The van der Waals surface area contributed by atoms with E-state index in [0.717, 1.165) is 35.9 Å². The van der Waals surface area contributed by atoms with Crippen molar-refractivity contribution in [3.05, 3.63) is 50.1 Å². The highest BCUT2D eigenvalue weighted by Gasteiger charge is 2.12. The number of likely N-dealkylation sites (tertiary alicyclic amines) is 1. The molecule has 1 aliphatic rings. The summed E-state index contributed by atoms with van der Waals surface area (Å²) in [5.74, 6) is -0.0599. The van der Waals surface area contributed by atoms with Crippen molar-refractivity contribution in [1.82, 2.24) is 9.47 Å². The second-order valence-electron chi connectivity index (χ2n) is 7.00. The van der Waals surface area contributed by atoms with Gasteiger partial charge >= 0.3 is 4.87 Å². The average molecular weight is 374 g/mol. The number of hydrogen-bond donors (Lipinski definition) is 1. The van der Waals surface area contributed by atoms with Gasteiger partial charge in [0.05, 0.1) is 0 Å². The predicted molar refractivity (Wildman–Crippen MR) is 107 cm³/mol. The first-order valence-corrected chi connectivity index (χ1v) is 10.1. The van der Waals surface area contributed by atoms with Crippen molar-refractivity contribution in [2.24, 2.45) is 0 Å². The summed E-state index contributed by atoms with van der Waals surface area (Å²) in [5, 5.41) is 2.97. The van der Waals surface area contributed by atoms with Crippen molar-refractivity contribution in [2.75, 3.05) is 18.4 Å². The summed E-state index contributed by atoms with van der Waals surface area (Å²) in [4.78, 5) is 27.7. The number of rotatable bonds is 6. The highest BCUT2D eigenvalue weighted by molar-refractivity contribution is 7.09. The van der Waals surface area contributed by atoms with Crippen LogP contribution in [0.1, 0.15) is 41.8 Å². The van der Waals surface area contributed by atoms with Crippen LogP contribution in [0.25, 0.3) is 0 Å². The lowest BCUT2D eigenvalue weighted by Gasteiger charge is -2.26. The molecule has 1 aromatic heterocycles. The van der Waals surface area contributed by atoms with Gasteiger partial charge in [0.15, 0.2) is 0 Å². The van der Waals surface area contributed by atoms with E-state index in [1.165, 1.54) is 36.2 Å². The van der Waals surface area contributed by atoms with Gasteiger partial charge in [0, 0.05) is 35.8 Å². The fraction of sp³-hybridized carbons (Fsp3) is 0.500. The van der Waals surface area contributed by atoms with Crippen molar-refractivity contribution in [1.29, 1.82) is 0 Å². The fourth-order valence-electron chi connectivity index (χ4n) is 3.41. The molecule has 26 heavy (non-hydrogen) atoms. The molecule has 0 bridgehead atoms. The number of anilines is 1. The predicted octanol–water partition coefficient (Wildman–Crippen LogP) is 3.54. The molecule has 2 aromatic rings. The van der Waals surface area contributed by atoms with Gasteiger partial charge in [-0.25, -0.2) is 0 Å². The Labute approximate surface area is 158 Å². The number of piperidine rings is 1. The van der Waals surface area contributed by atoms with Crippen LogP contribution in [0.15, 0.2) is 29.1 Å². The van der Waals surface area contributed by atoms with Crippen LogP contribution in [0.3, 0.4) is 0 Å². The van der Waals surface area contributed by atoms with E-state index in [2.05, 4.69) is 22.3 Å². The summed E-state index contributed by atoms with van der Waals surface area (Å²) in [6.45, 7) is 7.54. The van der Waals surface area contributed by atoms with Crippen LogP contribution in [0.5, 0.6) is 0 Å². The standard InChI is InChI=1S/C20H27N3O2S/c1-15-16(2)26-20(25)23(15)12-9-19(24)21-18-8-6-7-17(13-18)14-22-10-4-3-5-11-22/h6-8,13H,3-5,9-12,14H2,1-2H3,(H,21,24). The Morgan fingerprint density at radius 3 is 2.65 bits per heavy atom. The molecule has 3 rings (SSSR count). The van der Waals surface area contributed by atoms with Gasteiger partial charge in [-0.2, -0.15) is 0 Å².